The molecule has 0 spiro atoms. The molecule has 0 bridgehead atoms. The molecule has 51 heavy (non-hydrogen) atoms. The number of hydrogen-bond donors (Lipinski definition) is 0. The molecule has 0 saturated carbocycles. The molecule has 0 fully saturated rings. The van der Waals surface area contributed by atoms with Gasteiger partial charge in [-0.15, -0.1) is 11.0 Å². The van der Waals surface area contributed by atoms with Crippen LogP contribution in [0.3, 0.4) is 0 Å². The van der Waals surface area contributed by atoms with E-state index in [-0.39, 0.29) is 22.4 Å². The van der Waals surface area contributed by atoms with Gasteiger partial charge in [-0.2, -0.15) is 4.98 Å². The van der Waals surface area contributed by atoms with Gasteiger partial charge >= 0.3 is 39.9 Å². The third-order valence-electron chi connectivity index (χ3n) is 9.95. The zero-order valence-corrected chi connectivity index (χ0v) is 34.6. The van der Waals surface area contributed by atoms with Crippen molar-refractivity contribution in [3.63, 3.8) is 0 Å². The topological polar surface area (TPSA) is 33.0 Å². The van der Waals surface area contributed by atoms with E-state index in [1.54, 1.807) is 0 Å². The predicted octanol–water partition coefficient (Wildman–Crippen LogP) is 12.6. The van der Waals surface area contributed by atoms with Crippen LogP contribution in [0.2, 0.25) is 0 Å². The van der Waals surface area contributed by atoms with E-state index < -0.39 is 0 Å². The van der Waals surface area contributed by atoms with Crippen LogP contribution in [-0.2, 0) is 22.4 Å². The van der Waals surface area contributed by atoms with Crippen LogP contribution in [0.5, 0.6) is 0 Å². The maximum absolute atomic E-state index is 4.86. The van der Waals surface area contributed by atoms with Crippen LogP contribution in [0.25, 0.3) is 21.8 Å². The Bertz CT molecular complexity index is 2100. The second kappa shape index (κ2) is 15.3. The number of pyridine rings is 1. The van der Waals surface area contributed by atoms with Crippen LogP contribution in [-0.4, -0.2) is 11.0 Å². The Hall–Kier alpha value is -4.05. The molecule has 0 atom stereocenters. The number of rotatable bonds is 6. The van der Waals surface area contributed by atoms with Gasteiger partial charge in [0.05, 0.1) is 0 Å². The van der Waals surface area contributed by atoms with Gasteiger partial charge in [-0.1, -0.05) is 138 Å². The van der Waals surface area contributed by atoms with Gasteiger partial charge in [0.15, 0.2) is 0 Å². The zero-order valence-electron chi connectivity index (χ0n) is 32.4. The van der Waals surface area contributed by atoms with E-state index in [2.05, 4.69) is 165 Å². The van der Waals surface area contributed by atoms with Gasteiger partial charge in [-0.05, 0) is 77.4 Å². The molecule has 4 nitrogen and oxygen atoms in total. The molecule has 0 amide bonds. The van der Waals surface area contributed by atoms with Gasteiger partial charge < -0.3 is 4.98 Å². The van der Waals surface area contributed by atoms with E-state index in [1.807, 2.05) is 12.3 Å². The summed E-state index contributed by atoms with van der Waals surface area (Å²) in [6.07, 6.45) is 1.89. The van der Waals surface area contributed by atoms with Gasteiger partial charge in [-0.25, -0.2) is 0 Å². The van der Waals surface area contributed by atoms with E-state index in [9.17, 15) is 0 Å². The first-order chi connectivity index (χ1) is 23.8. The molecule has 0 N–H and O–H groups in total. The Labute approximate surface area is 320 Å². The number of benzene rings is 4. The first kappa shape index (κ1) is 38.2. The van der Waals surface area contributed by atoms with Crippen molar-refractivity contribution in [1.82, 2.24) is 19.1 Å². The smallest absolute Gasteiger partial charge is 0.656 e. The van der Waals surface area contributed by atoms with E-state index in [4.69, 9.17) is 9.97 Å². The quantitative estimate of drug-likeness (QED) is 0.123. The van der Waals surface area contributed by atoms with Crippen molar-refractivity contribution in [1.29, 1.82) is 0 Å². The fourth-order valence-corrected chi connectivity index (χ4v) is 7.54. The summed E-state index contributed by atoms with van der Waals surface area (Å²) in [5, 5.41) is 2.59. The van der Waals surface area contributed by atoms with Crippen molar-refractivity contribution in [3.8, 4) is 0 Å². The average molecular weight is 859 g/mol. The molecular weight excluding hydrogens is 806 g/mol. The van der Waals surface area contributed by atoms with E-state index in [0.29, 0.717) is 23.7 Å². The molecule has 3 heterocycles. The first-order valence-electron chi connectivity index (χ1n) is 18.3. The summed E-state index contributed by atoms with van der Waals surface area (Å²) in [5.41, 5.74) is 16.3. The van der Waals surface area contributed by atoms with Crippen LogP contribution in [0.1, 0.15) is 124 Å². The fraction of sp³-hybridized carbons (Fsp3) is 0.348. The minimum absolute atomic E-state index is 0. The molecule has 0 unspecified atom stereocenters. The van der Waals surface area contributed by atoms with Crippen LogP contribution in [0, 0.1) is 27.7 Å². The normalized spacial score (nSPS) is 12.4. The van der Waals surface area contributed by atoms with Crippen molar-refractivity contribution in [2.75, 3.05) is 0 Å². The first-order valence-corrected chi connectivity index (χ1v) is 18.3. The van der Waals surface area contributed by atoms with Gasteiger partial charge in [0, 0.05) is 34.5 Å². The summed E-state index contributed by atoms with van der Waals surface area (Å²) < 4.78 is 4.47. The fourth-order valence-electron chi connectivity index (χ4n) is 7.54. The summed E-state index contributed by atoms with van der Waals surface area (Å²) in [6, 6.07) is 30.3. The minimum atomic E-state index is 0. The van der Waals surface area contributed by atoms with Crippen LogP contribution < -0.4 is 14.1 Å². The summed E-state index contributed by atoms with van der Waals surface area (Å²) in [7, 11) is 0. The molecule has 0 radical (unpaired) electrons. The average Bonchev–Trinajstić information content (AvgIpc) is 3.63. The second-order valence-corrected chi connectivity index (χ2v) is 15.4. The summed E-state index contributed by atoms with van der Waals surface area (Å²) >= 11 is 0. The Morgan fingerprint density at radius 3 is 1.37 bits per heavy atom. The second-order valence-electron chi connectivity index (χ2n) is 15.4. The molecule has 6 aromatic rings. The monoisotopic (exact) mass is 858 g/mol. The molecule has 5 heteroatoms. The molecule has 4 aromatic carbocycles. The molecule has 7 rings (SSSR count). The Kier molecular flexibility index (Phi) is 11.4. The van der Waals surface area contributed by atoms with Crippen molar-refractivity contribution >= 4 is 50.7 Å². The number of hydrogen-bond acceptors (Lipinski definition) is 1. The van der Waals surface area contributed by atoms with Crippen molar-refractivity contribution < 1.29 is 22.4 Å². The van der Waals surface area contributed by atoms with Crippen molar-refractivity contribution in [3.05, 3.63) is 124 Å². The number of aryl methyl sites for hydroxylation is 4. The summed E-state index contributed by atoms with van der Waals surface area (Å²) in [6.45, 7) is 26.7. The standard InChI is InChI=1S/C30H37N3.C16H16N.Au/c1-19(2)23-12-9-13-24(20(3)4)28(23)32-18-33(30-27(32)16-11-17-31-30)29-25(21(5)6)14-10-15-26(29)22(7)8;1-9-5-11(3)15-13(7-9)14-8-10(2)6-12(4)16(14)17-15;/h9-17,19-22H,1-8H3;5-8H,1-4H3;/q+2;-1;+1. The molecule has 2 aromatic heterocycles. The van der Waals surface area contributed by atoms with Gasteiger partial charge in [0.1, 0.15) is 0 Å². The zero-order chi connectivity index (χ0) is 36.0. The molecule has 1 aliphatic rings. The number of para-hydroxylation sites is 2. The van der Waals surface area contributed by atoms with Gasteiger partial charge in [0.25, 0.3) is 0 Å². The van der Waals surface area contributed by atoms with E-state index in [1.165, 1.54) is 66.7 Å². The third-order valence-corrected chi connectivity index (χ3v) is 9.95. The SMILES string of the molecule is CC(C)c1cccc(C(C)C)c1[N+]1=C=[N+](c2c(C(C)C)cccc2C(C)C)c2ncccc21.Cc1cc(C)c2[n-]c3c(C)cc(C)cc3c2c1.[Au+]. The molecular formula is C46H53AuN4+2. The summed E-state index contributed by atoms with van der Waals surface area (Å²) in [4.78, 5) is 9.66. The largest absolute Gasteiger partial charge is 1.00 e. The van der Waals surface area contributed by atoms with Gasteiger partial charge in [0.2, 0.25) is 11.4 Å². The van der Waals surface area contributed by atoms with Crippen LogP contribution in [0.15, 0.2) is 79.0 Å². The van der Waals surface area contributed by atoms with Gasteiger partial charge in [-0.3, -0.25) is 0 Å². The number of fused-ring (bicyclic) bond motifs is 4. The molecule has 266 valence electrons. The van der Waals surface area contributed by atoms with E-state index in [0.717, 1.165) is 22.5 Å². The molecule has 0 aliphatic carbocycles. The Balaban J connectivity index is 0.000000235. The Morgan fingerprint density at radius 2 is 0.961 bits per heavy atom. The maximum Gasteiger partial charge on any atom is 1.00 e. The third kappa shape index (κ3) is 7.21. The van der Waals surface area contributed by atoms with Crippen molar-refractivity contribution in [2.24, 2.45) is 0 Å². The van der Waals surface area contributed by atoms with E-state index >= 15 is 0 Å². The summed E-state index contributed by atoms with van der Waals surface area (Å²) in [5.74, 6) is 2.56. The number of aromatic nitrogens is 2. The molecule has 1 aliphatic heterocycles. The Morgan fingerprint density at radius 1 is 0.549 bits per heavy atom. The van der Waals surface area contributed by atoms with Crippen LogP contribution >= 0.6 is 0 Å². The molecule has 0 saturated heterocycles. The number of nitrogens with zero attached hydrogens (tertiary/aromatic N) is 4. The van der Waals surface area contributed by atoms with Crippen LogP contribution in [0.4, 0.5) is 22.9 Å². The minimum Gasteiger partial charge on any atom is -0.656 e. The van der Waals surface area contributed by atoms with Crippen molar-refractivity contribution in [2.45, 2.75) is 107 Å². The maximum atomic E-state index is 4.86. The predicted molar refractivity (Wildman–Crippen MR) is 215 cm³/mol.